The van der Waals surface area contributed by atoms with Crippen molar-refractivity contribution in [2.24, 2.45) is 5.92 Å². The van der Waals surface area contributed by atoms with Crippen molar-refractivity contribution in [3.8, 4) is 0 Å². The topological polar surface area (TPSA) is 65.8 Å². The second-order valence-corrected chi connectivity index (χ2v) is 7.13. The van der Waals surface area contributed by atoms with Gasteiger partial charge in [0.2, 0.25) is 5.91 Å². The predicted molar refractivity (Wildman–Crippen MR) is 90.3 cm³/mol. The predicted octanol–water partition coefficient (Wildman–Crippen LogP) is 2.08. The van der Waals surface area contributed by atoms with Crippen LogP contribution in [-0.2, 0) is 4.79 Å². The third-order valence-corrected chi connectivity index (χ3v) is 5.44. The van der Waals surface area contributed by atoms with E-state index in [1.165, 1.54) is 6.26 Å². The van der Waals surface area contributed by atoms with E-state index in [4.69, 9.17) is 4.42 Å². The van der Waals surface area contributed by atoms with E-state index in [0.29, 0.717) is 24.8 Å². The Labute approximate surface area is 143 Å². The molecule has 1 aromatic heterocycles. The van der Waals surface area contributed by atoms with Crippen molar-refractivity contribution >= 4 is 11.8 Å². The molecule has 6 nitrogen and oxygen atoms in total. The van der Waals surface area contributed by atoms with Crippen LogP contribution in [-0.4, -0.2) is 53.0 Å². The molecule has 0 radical (unpaired) electrons. The standard InChI is InChI=1S/C18H27N3O3/c1-4-13(2)12-21-16(22)14(3)19-18(21)7-9-20(10-8-18)17(23)15-6-5-11-24-15/h5-6,11,13-14,19H,4,7-10,12H2,1-3H3/t13-,14+/m1/s1. The maximum absolute atomic E-state index is 12.6. The highest BCUT2D eigenvalue weighted by Crippen LogP contribution is 2.33. The fourth-order valence-electron chi connectivity index (χ4n) is 3.74. The van der Waals surface area contributed by atoms with E-state index in [1.807, 2.05) is 16.7 Å². The number of hydrogen-bond donors (Lipinski definition) is 1. The fourth-order valence-corrected chi connectivity index (χ4v) is 3.74. The maximum atomic E-state index is 12.6. The molecule has 2 atom stereocenters. The Morgan fingerprint density at radius 2 is 2.17 bits per heavy atom. The normalized spacial score (nSPS) is 24.6. The summed E-state index contributed by atoms with van der Waals surface area (Å²) in [6.07, 6.45) is 4.08. The highest BCUT2D eigenvalue weighted by atomic mass is 16.3. The summed E-state index contributed by atoms with van der Waals surface area (Å²) >= 11 is 0. The number of amides is 2. The van der Waals surface area contributed by atoms with Crippen LogP contribution in [0.1, 0.15) is 50.6 Å². The molecule has 2 aliphatic heterocycles. The number of likely N-dealkylation sites (tertiary alicyclic amines) is 1. The SMILES string of the molecule is CC[C@@H](C)CN1C(=O)[C@H](C)NC12CCN(C(=O)c1ccco1)CC2. The Morgan fingerprint density at radius 3 is 2.75 bits per heavy atom. The zero-order chi connectivity index (χ0) is 17.3. The Bertz CT molecular complexity index is 591. The van der Waals surface area contributed by atoms with Crippen molar-refractivity contribution in [2.75, 3.05) is 19.6 Å². The summed E-state index contributed by atoms with van der Waals surface area (Å²) in [6, 6.07) is 3.27. The average molecular weight is 333 g/mol. The van der Waals surface area contributed by atoms with Gasteiger partial charge in [0.05, 0.1) is 18.0 Å². The van der Waals surface area contributed by atoms with Crippen LogP contribution in [0.25, 0.3) is 0 Å². The Balaban J connectivity index is 1.70. The number of nitrogens with one attached hydrogen (secondary N) is 1. The van der Waals surface area contributed by atoms with Gasteiger partial charge in [-0.25, -0.2) is 0 Å². The van der Waals surface area contributed by atoms with Crippen LogP contribution < -0.4 is 5.32 Å². The molecule has 0 saturated carbocycles. The highest BCUT2D eigenvalue weighted by molar-refractivity contribution is 5.91. The van der Waals surface area contributed by atoms with E-state index in [2.05, 4.69) is 19.2 Å². The molecule has 0 aromatic carbocycles. The number of carbonyl (C=O) groups is 2. The number of hydrogen-bond acceptors (Lipinski definition) is 4. The Morgan fingerprint density at radius 1 is 1.46 bits per heavy atom. The number of carbonyl (C=O) groups excluding carboxylic acids is 2. The molecule has 3 rings (SSSR count). The third kappa shape index (κ3) is 2.95. The van der Waals surface area contributed by atoms with Crippen molar-refractivity contribution < 1.29 is 14.0 Å². The molecule has 2 aliphatic rings. The second kappa shape index (κ2) is 6.59. The molecule has 0 unspecified atom stereocenters. The summed E-state index contributed by atoms with van der Waals surface area (Å²) in [5.41, 5.74) is -0.306. The summed E-state index contributed by atoms with van der Waals surface area (Å²) < 4.78 is 5.22. The van der Waals surface area contributed by atoms with Gasteiger partial charge in [-0.15, -0.1) is 0 Å². The van der Waals surface area contributed by atoms with Gasteiger partial charge in [0, 0.05) is 32.5 Å². The summed E-state index contributed by atoms with van der Waals surface area (Å²) in [4.78, 5) is 28.9. The van der Waals surface area contributed by atoms with Crippen LogP contribution in [0.15, 0.2) is 22.8 Å². The number of piperidine rings is 1. The van der Waals surface area contributed by atoms with Crippen molar-refractivity contribution in [1.29, 1.82) is 0 Å². The van der Waals surface area contributed by atoms with Crippen LogP contribution in [0.2, 0.25) is 0 Å². The molecule has 132 valence electrons. The molecule has 6 heteroatoms. The van der Waals surface area contributed by atoms with Crippen LogP contribution in [0.5, 0.6) is 0 Å². The van der Waals surface area contributed by atoms with Gasteiger partial charge in [-0.05, 0) is 25.0 Å². The summed E-state index contributed by atoms with van der Waals surface area (Å²) in [5.74, 6) is 0.966. The quantitative estimate of drug-likeness (QED) is 0.916. The summed E-state index contributed by atoms with van der Waals surface area (Å²) in [5, 5.41) is 3.51. The fraction of sp³-hybridized carbons (Fsp3) is 0.667. The van der Waals surface area contributed by atoms with E-state index < -0.39 is 0 Å². The first-order valence-electron chi connectivity index (χ1n) is 8.89. The lowest BCUT2D eigenvalue weighted by Crippen LogP contribution is -2.60. The molecule has 0 aliphatic carbocycles. The third-order valence-electron chi connectivity index (χ3n) is 5.44. The van der Waals surface area contributed by atoms with Gasteiger partial charge in [-0.1, -0.05) is 20.3 Å². The molecular weight excluding hydrogens is 306 g/mol. The number of rotatable bonds is 4. The van der Waals surface area contributed by atoms with E-state index in [9.17, 15) is 9.59 Å². The van der Waals surface area contributed by atoms with Gasteiger partial charge in [-0.2, -0.15) is 0 Å². The van der Waals surface area contributed by atoms with Crippen molar-refractivity contribution in [1.82, 2.24) is 15.1 Å². The van der Waals surface area contributed by atoms with Gasteiger partial charge in [0.25, 0.3) is 5.91 Å². The van der Waals surface area contributed by atoms with Gasteiger partial charge in [-0.3, -0.25) is 14.9 Å². The lowest BCUT2D eigenvalue weighted by atomic mass is 9.94. The Kier molecular flexibility index (Phi) is 4.67. The minimum atomic E-state index is -0.306. The van der Waals surface area contributed by atoms with Gasteiger partial charge >= 0.3 is 0 Å². The van der Waals surface area contributed by atoms with Crippen molar-refractivity contribution in [3.63, 3.8) is 0 Å². The van der Waals surface area contributed by atoms with Crippen molar-refractivity contribution in [2.45, 2.75) is 51.7 Å². The van der Waals surface area contributed by atoms with E-state index in [0.717, 1.165) is 25.8 Å². The largest absolute Gasteiger partial charge is 0.459 e. The zero-order valence-corrected chi connectivity index (χ0v) is 14.7. The van der Waals surface area contributed by atoms with E-state index in [1.54, 1.807) is 12.1 Å². The zero-order valence-electron chi connectivity index (χ0n) is 14.7. The van der Waals surface area contributed by atoms with E-state index in [-0.39, 0.29) is 23.5 Å². The molecule has 3 heterocycles. The summed E-state index contributed by atoms with van der Waals surface area (Å²) in [7, 11) is 0. The lowest BCUT2D eigenvalue weighted by molar-refractivity contribution is -0.133. The first-order valence-corrected chi connectivity index (χ1v) is 8.89. The minimum Gasteiger partial charge on any atom is -0.459 e. The molecular formula is C18H27N3O3. The summed E-state index contributed by atoms with van der Waals surface area (Å²) in [6.45, 7) is 8.30. The van der Waals surface area contributed by atoms with Gasteiger partial charge in [0.1, 0.15) is 0 Å². The molecule has 24 heavy (non-hydrogen) atoms. The first-order chi connectivity index (χ1) is 11.5. The van der Waals surface area contributed by atoms with Gasteiger partial charge < -0.3 is 14.2 Å². The molecule has 1 aromatic rings. The lowest BCUT2D eigenvalue weighted by Gasteiger charge is -2.45. The minimum absolute atomic E-state index is 0.0688. The first kappa shape index (κ1) is 17.0. The Hall–Kier alpha value is -1.82. The monoisotopic (exact) mass is 333 g/mol. The average Bonchev–Trinajstić information content (AvgIpc) is 3.19. The van der Waals surface area contributed by atoms with Crippen molar-refractivity contribution in [3.05, 3.63) is 24.2 Å². The smallest absolute Gasteiger partial charge is 0.289 e. The highest BCUT2D eigenvalue weighted by Gasteiger charge is 2.50. The molecule has 2 saturated heterocycles. The van der Waals surface area contributed by atoms with Crippen LogP contribution in [0, 0.1) is 5.92 Å². The van der Waals surface area contributed by atoms with Crippen LogP contribution in [0.4, 0.5) is 0 Å². The molecule has 0 bridgehead atoms. The number of furan rings is 1. The molecule has 2 fully saturated rings. The van der Waals surface area contributed by atoms with Crippen LogP contribution >= 0.6 is 0 Å². The van der Waals surface area contributed by atoms with Gasteiger partial charge in [0.15, 0.2) is 5.76 Å². The van der Waals surface area contributed by atoms with E-state index >= 15 is 0 Å². The number of nitrogens with zero attached hydrogens (tertiary/aromatic N) is 2. The maximum Gasteiger partial charge on any atom is 0.289 e. The molecule has 1 N–H and O–H groups in total. The molecule has 2 amide bonds. The van der Waals surface area contributed by atoms with Crippen LogP contribution in [0.3, 0.4) is 0 Å². The second-order valence-electron chi connectivity index (χ2n) is 7.13. The molecule has 1 spiro atoms.